The number of amides is 1. The van der Waals surface area contributed by atoms with Gasteiger partial charge in [-0.25, -0.2) is 8.42 Å². The van der Waals surface area contributed by atoms with Crippen molar-refractivity contribution in [2.75, 3.05) is 19.9 Å². The lowest BCUT2D eigenvalue weighted by Crippen LogP contribution is -2.59. The van der Waals surface area contributed by atoms with Crippen LogP contribution in [0.25, 0.3) is 0 Å². The van der Waals surface area contributed by atoms with Crippen LogP contribution in [0.15, 0.2) is 72.8 Å². The van der Waals surface area contributed by atoms with E-state index in [0.717, 1.165) is 29.5 Å². The number of hydrogen-bond donors (Lipinski definition) is 1. The molecule has 3 aromatic rings. The van der Waals surface area contributed by atoms with Crippen LogP contribution in [0.2, 0.25) is 10.0 Å². The number of ether oxygens (including phenoxy) is 1. The first-order chi connectivity index (χ1) is 21.3. The summed E-state index contributed by atoms with van der Waals surface area (Å²) < 4.78 is 33.4. The smallest absolute Gasteiger partial charge is 0.304 e. The third kappa shape index (κ3) is 7.65. The molecule has 0 radical (unpaired) electrons. The zero-order valence-electron chi connectivity index (χ0n) is 25.5. The normalized spacial score (nSPS) is 22.8. The van der Waals surface area contributed by atoms with E-state index in [0.29, 0.717) is 15.8 Å². The van der Waals surface area contributed by atoms with E-state index in [-0.39, 0.29) is 43.7 Å². The number of likely N-dealkylation sites (tertiary alicyclic amines) is 1. The number of hydrogen-bond acceptors (Lipinski definition) is 5. The van der Waals surface area contributed by atoms with Gasteiger partial charge in [0, 0.05) is 35.1 Å². The zero-order valence-corrected chi connectivity index (χ0v) is 27.9. The number of benzene rings is 3. The number of carbonyl (C=O) groups excluding carboxylic acids is 1. The molecule has 1 heterocycles. The highest BCUT2D eigenvalue weighted by atomic mass is 35.5. The zero-order chi connectivity index (χ0) is 32.5. The third-order valence-corrected chi connectivity index (χ3v) is 10.7. The standard InChI is InChI=1S/C34H38Cl2N2O6S/c1-34(19-31(39)40)18-29(25-7-5-8-27(36)17-25)32(24-12-14-26(35)15-13-24)38(33(34)41)30(23-10-11-23)21-37(45(3,42)43)20-22-6-4-9-28(16-22)44-2/h4-9,12-17,23,29-30,32H,10-11,18-21H2,1-3H3,(H,39,40)/t29-,30?,32-,34-/m1/s1. The summed E-state index contributed by atoms with van der Waals surface area (Å²) in [5.41, 5.74) is 1.22. The summed E-state index contributed by atoms with van der Waals surface area (Å²) in [6.07, 6.45) is 2.75. The summed E-state index contributed by atoms with van der Waals surface area (Å²) >= 11 is 12.8. The van der Waals surface area contributed by atoms with Crippen molar-refractivity contribution in [3.63, 3.8) is 0 Å². The Kier molecular flexibility index (Phi) is 9.84. The minimum atomic E-state index is -3.72. The monoisotopic (exact) mass is 672 g/mol. The van der Waals surface area contributed by atoms with Crippen LogP contribution in [0.4, 0.5) is 0 Å². The highest BCUT2D eigenvalue weighted by Gasteiger charge is 2.55. The maximum absolute atomic E-state index is 14.7. The summed E-state index contributed by atoms with van der Waals surface area (Å²) in [6, 6.07) is 21.0. The van der Waals surface area contributed by atoms with Crippen LogP contribution in [-0.2, 0) is 26.2 Å². The summed E-state index contributed by atoms with van der Waals surface area (Å²) in [5, 5.41) is 11.0. The molecule has 1 N–H and O–H groups in total. The van der Waals surface area contributed by atoms with Crippen LogP contribution in [-0.4, -0.2) is 60.6 Å². The van der Waals surface area contributed by atoms with E-state index in [1.165, 1.54) is 10.6 Å². The molecule has 5 rings (SSSR count). The Morgan fingerprint density at radius 2 is 1.73 bits per heavy atom. The van der Waals surface area contributed by atoms with Crippen molar-refractivity contribution >= 4 is 45.1 Å². The van der Waals surface area contributed by atoms with Gasteiger partial charge in [-0.15, -0.1) is 0 Å². The van der Waals surface area contributed by atoms with Crippen molar-refractivity contribution in [3.05, 3.63) is 99.5 Å². The van der Waals surface area contributed by atoms with E-state index in [4.69, 9.17) is 27.9 Å². The van der Waals surface area contributed by atoms with Crippen molar-refractivity contribution < 1.29 is 27.9 Å². The first-order valence-corrected chi connectivity index (χ1v) is 17.5. The molecule has 4 atom stereocenters. The fourth-order valence-electron chi connectivity index (χ4n) is 6.69. The molecule has 0 spiro atoms. The first kappa shape index (κ1) is 33.3. The molecule has 0 bridgehead atoms. The van der Waals surface area contributed by atoms with E-state index >= 15 is 0 Å². The van der Waals surface area contributed by atoms with Gasteiger partial charge in [-0.05, 0) is 78.3 Å². The van der Waals surface area contributed by atoms with Crippen LogP contribution < -0.4 is 4.74 Å². The van der Waals surface area contributed by atoms with Gasteiger partial charge >= 0.3 is 5.97 Å². The van der Waals surface area contributed by atoms with Gasteiger partial charge in [0.1, 0.15) is 5.75 Å². The van der Waals surface area contributed by atoms with Gasteiger partial charge in [-0.1, -0.05) is 66.5 Å². The number of piperidine rings is 1. The Labute approximate surface area is 274 Å². The van der Waals surface area contributed by atoms with Crippen LogP contribution in [0.3, 0.4) is 0 Å². The number of rotatable bonds is 12. The van der Waals surface area contributed by atoms with Crippen molar-refractivity contribution in [1.29, 1.82) is 0 Å². The molecule has 1 unspecified atom stereocenters. The van der Waals surface area contributed by atoms with E-state index in [1.807, 2.05) is 47.4 Å². The number of halogens is 2. The summed E-state index contributed by atoms with van der Waals surface area (Å²) in [5.74, 6) is -1.03. The quantitative estimate of drug-likeness (QED) is 0.227. The number of carbonyl (C=O) groups is 2. The molecular formula is C34H38Cl2N2O6S. The number of nitrogens with zero attached hydrogens (tertiary/aromatic N) is 2. The van der Waals surface area contributed by atoms with Gasteiger partial charge in [0.25, 0.3) is 0 Å². The molecule has 240 valence electrons. The van der Waals surface area contributed by atoms with E-state index in [9.17, 15) is 23.1 Å². The topological polar surface area (TPSA) is 104 Å². The lowest BCUT2D eigenvalue weighted by molar-refractivity contribution is -0.161. The second-order valence-corrected chi connectivity index (χ2v) is 15.4. The average Bonchev–Trinajstić information content (AvgIpc) is 3.82. The molecule has 1 aliphatic carbocycles. The van der Waals surface area contributed by atoms with Crippen molar-refractivity contribution in [2.45, 2.75) is 57.2 Å². The number of carboxylic acid groups (broad SMARTS) is 1. The Bertz CT molecular complexity index is 1660. The highest BCUT2D eigenvalue weighted by Crippen LogP contribution is 2.54. The largest absolute Gasteiger partial charge is 0.497 e. The summed E-state index contributed by atoms with van der Waals surface area (Å²) in [6.45, 7) is 1.86. The molecule has 3 aromatic carbocycles. The van der Waals surface area contributed by atoms with Crippen molar-refractivity contribution in [3.8, 4) is 5.75 Å². The highest BCUT2D eigenvalue weighted by molar-refractivity contribution is 7.88. The van der Waals surface area contributed by atoms with Crippen LogP contribution in [0.1, 0.15) is 61.3 Å². The fraction of sp³-hybridized carbons (Fsp3) is 0.412. The van der Waals surface area contributed by atoms with E-state index in [2.05, 4.69) is 0 Å². The number of aliphatic carboxylic acids is 1. The summed E-state index contributed by atoms with van der Waals surface area (Å²) in [7, 11) is -2.17. The third-order valence-electron chi connectivity index (χ3n) is 9.01. The van der Waals surface area contributed by atoms with Crippen LogP contribution in [0.5, 0.6) is 5.75 Å². The molecule has 1 saturated carbocycles. The fourth-order valence-corrected chi connectivity index (χ4v) is 7.82. The van der Waals surface area contributed by atoms with Gasteiger partial charge in [-0.2, -0.15) is 4.31 Å². The molecule has 8 nitrogen and oxygen atoms in total. The second kappa shape index (κ2) is 13.3. The summed E-state index contributed by atoms with van der Waals surface area (Å²) in [4.78, 5) is 28.7. The van der Waals surface area contributed by atoms with Crippen LogP contribution >= 0.6 is 23.2 Å². The molecule has 1 saturated heterocycles. The lowest BCUT2D eigenvalue weighted by Gasteiger charge is -2.52. The molecule has 1 aliphatic heterocycles. The maximum Gasteiger partial charge on any atom is 0.304 e. The maximum atomic E-state index is 14.7. The minimum absolute atomic E-state index is 0.0468. The number of carboxylic acids is 1. The number of sulfonamides is 1. The van der Waals surface area contributed by atoms with Crippen molar-refractivity contribution in [2.24, 2.45) is 11.3 Å². The Hall–Kier alpha value is -3.11. The van der Waals surface area contributed by atoms with Gasteiger partial charge in [-0.3, -0.25) is 9.59 Å². The minimum Gasteiger partial charge on any atom is -0.497 e. The SMILES string of the molecule is COc1cccc(CN(CC(C2CC2)N2C(=O)[C@@](C)(CC(=O)O)C[C@H](c3cccc(Cl)c3)[C@H]2c2ccc(Cl)cc2)S(C)(=O)=O)c1. The van der Waals surface area contributed by atoms with Gasteiger partial charge in [0.2, 0.25) is 15.9 Å². The molecule has 1 amide bonds. The molecule has 2 aliphatic rings. The number of methoxy groups -OCH3 is 1. The predicted octanol–water partition coefficient (Wildman–Crippen LogP) is 6.78. The average molecular weight is 674 g/mol. The Morgan fingerprint density at radius 1 is 1.04 bits per heavy atom. The van der Waals surface area contributed by atoms with Gasteiger partial charge in [0.15, 0.2) is 0 Å². The molecular weight excluding hydrogens is 635 g/mol. The van der Waals surface area contributed by atoms with Crippen molar-refractivity contribution in [1.82, 2.24) is 9.21 Å². The van der Waals surface area contributed by atoms with Gasteiger partial charge in [0.05, 0.1) is 31.2 Å². The van der Waals surface area contributed by atoms with Crippen LogP contribution in [0, 0.1) is 11.3 Å². The second-order valence-electron chi connectivity index (χ2n) is 12.5. The predicted molar refractivity (Wildman–Crippen MR) is 175 cm³/mol. The Balaban J connectivity index is 1.65. The molecule has 0 aromatic heterocycles. The van der Waals surface area contributed by atoms with E-state index in [1.54, 1.807) is 44.4 Å². The van der Waals surface area contributed by atoms with Gasteiger partial charge < -0.3 is 14.7 Å². The lowest BCUT2D eigenvalue weighted by atomic mass is 9.67. The molecule has 45 heavy (non-hydrogen) atoms. The molecule has 2 fully saturated rings. The molecule has 11 heteroatoms. The first-order valence-electron chi connectivity index (χ1n) is 14.9. The van der Waals surface area contributed by atoms with E-state index < -0.39 is 33.5 Å². The Morgan fingerprint density at radius 3 is 2.33 bits per heavy atom.